The molecule has 0 radical (unpaired) electrons. The highest BCUT2D eigenvalue weighted by molar-refractivity contribution is 8.68. The smallest absolute Gasteiger partial charge is 0.247 e. The summed E-state index contributed by atoms with van der Waals surface area (Å²) in [6.07, 6.45) is 17.8. The summed E-state index contributed by atoms with van der Waals surface area (Å²) in [4.78, 5) is 0. The molecule has 0 aromatic carbocycles. The van der Waals surface area contributed by atoms with Crippen LogP contribution in [0, 0.1) is 71.0 Å². The van der Waals surface area contributed by atoms with Gasteiger partial charge in [0.15, 0.2) is 0 Å². The normalized spacial score (nSPS) is 35.7. The van der Waals surface area contributed by atoms with Crippen molar-refractivity contribution >= 4 is 57.8 Å². The van der Waals surface area contributed by atoms with E-state index in [1.54, 1.807) is 0 Å². The van der Waals surface area contributed by atoms with Crippen LogP contribution in [0.25, 0.3) is 0 Å². The molecule has 4 fully saturated rings. The van der Waals surface area contributed by atoms with Crippen LogP contribution < -0.4 is 0 Å². The Morgan fingerprint density at radius 1 is 0.543 bits per heavy atom. The Morgan fingerprint density at radius 3 is 1.46 bits per heavy atom. The van der Waals surface area contributed by atoms with Crippen LogP contribution in [0.4, 0.5) is 0 Å². The lowest BCUT2D eigenvalue weighted by Crippen LogP contribution is -2.26. The van der Waals surface area contributed by atoms with Crippen molar-refractivity contribution in [2.24, 2.45) is 71.0 Å². The largest absolute Gasteiger partial charge is 0.321 e. The quantitative estimate of drug-likeness (QED) is 0.114. The van der Waals surface area contributed by atoms with Crippen molar-refractivity contribution in [3.8, 4) is 0 Å². The maximum absolute atomic E-state index is 6.17. The van der Waals surface area contributed by atoms with Crippen LogP contribution in [-0.2, 0) is 41.7 Å². The molecule has 0 amide bonds. The summed E-state index contributed by atoms with van der Waals surface area (Å²) in [6, 6.07) is 0. The van der Waals surface area contributed by atoms with E-state index in [9.17, 15) is 0 Å². The Kier molecular flexibility index (Phi) is 14.1. The molecule has 10 unspecified atom stereocenters. The maximum atomic E-state index is 6.17. The van der Waals surface area contributed by atoms with Crippen LogP contribution in [0.15, 0.2) is 24.3 Å². The number of hydrogen-bond donors (Lipinski definition) is 0. The summed E-state index contributed by atoms with van der Waals surface area (Å²) in [5, 5.41) is 1.31. The van der Waals surface area contributed by atoms with Crippen molar-refractivity contribution < 1.29 is 18.1 Å². The molecule has 0 heterocycles. The second kappa shape index (κ2) is 16.8. The van der Waals surface area contributed by atoms with E-state index >= 15 is 0 Å². The molecule has 0 aromatic heterocycles. The number of rotatable bonds is 16. The van der Waals surface area contributed by atoms with E-state index in [0.29, 0.717) is 34.2 Å². The van der Waals surface area contributed by atoms with Gasteiger partial charge in [-0.1, -0.05) is 102 Å². The summed E-state index contributed by atoms with van der Waals surface area (Å²) < 4.78 is 24.7. The minimum Gasteiger partial charge on any atom is -0.321 e. The fourth-order valence-corrected chi connectivity index (χ4v) is 20.9. The van der Waals surface area contributed by atoms with Crippen molar-refractivity contribution in [3.63, 3.8) is 0 Å². The number of allylic oxidation sites excluding steroid dienone is 4. The summed E-state index contributed by atoms with van der Waals surface area (Å²) in [6.45, 7) is 20.3. The van der Waals surface area contributed by atoms with Crippen LogP contribution in [0.3, 0.4) is 0 Å². The molecule has 10 atom stereocenters. The van der Waals surface area contributed by atoms with Crippen molar-refractivity contribution in [2.45, 2.75) is 104 Å². The van der Waals surface area contributed by atoms with Crippen molar-refractivity contribution in [3.05, 3.63) is 24.3 Å². The van der Waals surface area contributed by atoms with E-state index < -0.39 is 11.4 Å². The van der Waals surface area contributed by atoms with Gasteiger partial charge < -0.3 is 18.1 Å². The average Bonchev–Trinajstić information content (AvgIpc) is 3.81. The summed E-state index contributed by atoms with van der Waals surface area (Å²) in [7, 11) is 0. The van der Waals surface area contributed by atoms with Crippen LogP contribution in [0.1, 0.15) is 93.9 Å². The molecule has 0 N–H and O–H groups in total. The number of hydrogen-bond acceptors (Lipinski definition) is 8. The first-order valence-electron chi connectivity index (χ1n) is 18.2. The van der Waals surface area contributed by atoms with Crippen LogP contribution >= 0.6 is 34.2 Å². The lowest BCUT2D eigenvalue weighted by atomic mass is 9.81. The summed E-state index contributed by atoms with van der Waals surface area (Å²) >= 11 is 15.7. The van der Waals surface area contributed by atoms with Gasteiger partial charge in [0.1, 0.15) is 0 Å². The van der Waals surface area contributed by atoms with E-state index in [2.05, 4.69) is 79.7 Å². The Balaban J connectivity index is 0.000000181. The molecule has 6 rings (SSSR count). The minimum absolute atomic E-state index is 0.503. The molecule has 0 saturated heterocycles. The zero-order valence-corrected chi connectivity index (χ0v) is 34.7. The fourth-order valence-electron chi connectivity index (χ4n) is 8.71. The molecular weight excluding hydrogens is 687 g/mol. The third kappa shape index (κ3) is 9.80. The molecule has 4 bridgehead atoms. The topological polar surface area (TPSA) is 36.9 Å². The molecule has 264 valence electrons. The third-order valence-electron chi connectivity index (χ3n) is 10.7. The van der Waals surface area contributed by atoms with Crippen LogP contribution in [-0.4, -0.2) is 36.9 Å². The van der Waals surface area contributed by atoms with Gasteiger partial charge in [0, 0.05) is 10.5 Å². The van der Waals surface area contributed by atoms with Gasteiger partial charge in [0.2, 0.25) is 11.4 Å². The Labute approximate surface area is 300 Å². The van der Waals surface area contributed by atoms with Crippen molar-refractivity contribution in [2.75, 3.05) is 26.4 Å². The average molecular weight is 749 g/mol. The van der Waals surface area contributed by atoms with Gasteiger partial charge >= 0.3 is 0 Å². The first-order chi connectivity index (χ1) is 21.8. The first kappa shape index (κ1) is 38.5. The Hall–Kier alpha value is 1.32. The van der Waals surface area contributed by atoms with Crippen LogP contribution in [0.5, 0.6) is 0 Å². The second-order valence-electron chi connectivity index (χ2n) is 16.5. The summed E-state index contributed by atoms with van der Waals surface area (Å²) in [5.41, 5.74) is -4.43. The molecule has 0 aromatic rings. The van der Waals surface area contributed by atoms with Crippen molar-refractivity contribution in [1.82, 2.24) is 0 Å². The van der Waals surface area contributed by atoms with E-state index in [-0.39, 0.29) is 0 Å². The van der Waals surface area contributed by atoms with Crippen LogP contribution in [0.2, 0.25) is 0 Å². The van der Waals surface area contributed by atoms with E-state index in [0.717, 1.165) is 73.8 Å². The van der Waals surface area contributed by atoms with Gasteiger partial charge in [-0.3, -0.25) is 0 Å². The van der Waals surface area contributed by atoms with Gasteiger partial charge in [-0.2, -0.15) is 0 Å². The zero-order chi connectivity index (χ0) is 33.2. The van der Waals surface area contributed by atoms with Crippen molar-refractivity contribution in [1.29, 1.82) is 0 Å². The molecule has 10 heteroatoms. The lowest BCUT2D eigenvalue weighted by Gasteiger charge is -2.34. The van der Waals surface area contributed by atoms with Gasteiger partial charge in [-0.15, -0.1) is 0 Å². The predicted octanol–water partition coefficient (Wildman–Crippen LogP) is 11.8. The second-order valence-corrected chi connectivity index (χ2v) is 29.4. The maximum Gasteiger partial charge on any atom is 0.247 e. The van der Waals surface area contributed by atoms with E-state index in [1.807, 2.05) is 22.8 Å². The van der Waals surface area contributed by atoms with Gasteiger partial charge in [0.25, 0.3) is 0 Å². The monoisotopic (exact) mass is 748 g/mol. The first-order valence-corrected chi connectivity index (χ1v) is 26.5. The molecular formula is C36H62O4P2S4. The van der Waals surface area contributed by atoms with E-state index in [1.165, 1.54) is 38.5 Å². The highest BCUT2D eigenvalue weighted by atomic mass is 32.9. The molecule has 46 heavy (non-hydrogen) atoms. The lowest BCUT2D eigenvalue weighted by molar-refractivity contribution is 0.218. The fraction of sp³-hybridized carbons (Fsp3) is 0.889. The van der Waals surface area contributed by atoms with Gasteiger partial charge in [-0.25, -0.2) is 0 Å². The third-order valence-corrected chi connectivity index (χ3v) is 21.9. The molecule has 0 aliphatic heterocycles. The van der Waals surface area contributed by atoms with Gasteiger partial charge in [-0.05, 0) is 133 Å². The Morgan fingerprint density at radius 2 is 0.957 bits per heavy atom. The van der Waals surface area contributed by atoms with Gasteiger partial charge in [0.05, 0.1) is 26.4 Å². The number of fused-ring (bicyclic) bond motifs is 10. The molecule has 6 aliphatic carbocycles. The highest BCUT2D eigenvalue weighted by Crippen LogP contribution is 2.71. The van der Waals surface area contributed by atoms with E-state index in [4.69, 9.17) is 41.7 Å². The predicted molar refractivity (Wildman–Crippen MR) is 208 cm³/mol. The highest BCUT2D eigenvalue weighted by Gasteiger charge is 2.55. The molecule has 0 spiro atoms. The zero-order valence-electron chi connectivity index (χ0n) is 29.6. The Bertz CT molecular complexity index is 1130. The minimum atomic E-state index is -2.22. The molecule has 6 aliphatic rings. The standard InChI is InChI=1S/2C18H31O2PS2/c2*1-12(2)10-19-21(22,20-11-13(3)4)23-18-9-14-8-17(18)16-7-5-6-15(14)16/h5,7,12-18H,6,8-11H2,1-4H3;5-6,12-18H,7-11H2,1-4H3. The molecule has 4 saturated carbocycles. The SMILES string of the molecule is CC(C)COP(=S)(OCC(C)C)SC1CC2CC1C1C=CCC21.CC(C)COP(=S)(OCC(C)C)SC1CC2CC1C1CC=CC21. The summed E-state index contributed by atoms with van der Waals surface area (Å²) in [5.74, 6) is 8.94. The molecule has 4 nitrogen and oxygen atoms in total.